The number of hydrogen-bond acceptors (Lipinski definition) is 6. The maximum atomic E-state index is 8.24. The molecule has 12 heavy (non-hydrogen) atoms. The van der Waals surface area contributed by atoms with E-state index in [1.54, 1.807) is 0 Å². The molecular weight excluding hydrogens is 147 g/mol. The number of nitriles is 3. The van der Waals surface area contributed by atoms with Gasteiger partial charge in [-0.2, -0.15) is 0 Å². The Morgan fingerprint density at radius 1 is 0.583 bits per heavy atom. The predicted molar refractivity (Wildman–Crippen MR) is 16.8 cm³/mol. The van der Waals surface area contributed by atoms with Crippen LogP contribution in [-0.2, 0) is 0 Å². The molecule has 48 valence electrons. The van der Waals surface area contributed by atoms with Crippen molar-refractivity contribution in [2.45, 2.75) is 0 Å². The fourth-order valence-electron chi connectivity index (χ4n) is 0. The van der Waals surface area contributed by atoms with Crippen molar-refractivity contribution < 1.29 is 71.9 Å². The molecule has 0 rings (SSSR count). The fraction of sp³-hybridized carbons (Fsp3) is 0. The van der Waals surface area contributed by atoms with Crippen molar-refractivity contribution in [1.29, 1.82) is 15.8 Å². The molecule has 0 aliphatic rings. The van der Waals surface area contributed by atoms with Gasteiger partial charge in [-0.3, -0.25) is 0 Å². The Morgan fingerprint density at radius 3 is 0.583 bits per heavy atom. The Hall–Kier alpha value is -0.338. The molecule has 0 amide bonds. The Kier molecular flexibility index (Phi) is 484. The predicted octanol–water partition coefficient (Wildman–Crippen LogP) is -12.5. The van der Waals surface area contributed by atoms with Crippen LogP contribution in [0.2, 0.25) is 0 Å². The van der Waals surface area contributed by atoms with Crippen LogP contribution in [-0.4, -0.2) is 0 Å². The van der Waals surface area contributed by atoms with Crippen LogP contribution >= 0.6 is 0 Å². The molecule has 0 unspecified atom stereocenters. The van der Waals surface area contributed by atoms with Crippen molar-refractivity contribution in [2.75, 3.05) is 0 Å². The standard InChI is InChI=1S/3CHNO.3Li/c3*2-1-3;;;/h3*3H;;;/q;;;3*+1/p-3. The SMILES string of the molecule is N#C[O-].N#C[O-].N#C[O-].[Li+].[Li+].[Li+]. The average molecular weight is 147 g/mol. The first-order valence-corrected chi connectivity index (χ1v) is 1.28. The summed E-state index contributed by atoms with van der Waals surface area (Å²) in [5.41, 5.74) is 0. The van der Waals surface area contributed by atoms with Gasteiger partial charge in [-0.15, -0.1) is 0 Å². The molecule has 0 bridgehead atoms. The van der Waals surface area contributed by atoms with Gasteiger partial charge in [0.1, 0.15) is 0 Å². The van der Waals surface area contributed by atoms with Crippen molar-refractivity contribution >= 4 is 0 Å². The van der Waals surface area contributed by atoms with Crippen LogP contribution in [0.3, 0.4) is 0 Å². The molecule has 0 aromatic rings. The van der Waals surface area contributed by atoms with Gasteiger partial charge < -0.3 is 15.3 Å². The molecular formula is C3Li3N3O3. The zero-order valence-electron chi connectivity index (χ0n) is 7.07. The molecule has 0 N–H and O–H groups in total. The van der Waals surface area contributed by atoms with Crippen LogP contribution in [0, 0.1) is 34.6 Å². The van der Waals surface area contributed by atoms with Crippen LogP contribution in [0.5, 0.6) is 0 Å². The van der Waals surface area contributed by atoms with E-state index in [4.69, 9.17) is 31.1 Å². The second-order valence-electron chi connectivity index (χ2n) is 0.274. The molecule has 0 fully saturated rings. The third-order valence-electron chi connectivity index (χ3n) is 0. The summed E-state index contributed by atoms with van der Waals surface area (Å²) < 4.78 is 0. The van der Waals surface area contributed by atoms with Crippen LogP contribution in [0.1, 0.15) is 0 Å². The minimum atomic E-state index is 0. The van der Waals surface area contributed by atoms with E-state index in [9.17, 15) is 0 Å². The molecule has 0 heterocycles. The molecule has 0 spiro atoms. The van der Waals surface area contributed by atoms with Crippen molar-refractivity contribution in [3.05, 3.63) is 0 Å². The maximum absolute atomic E-state index is 8.24. The summed E-state index contributed by atoms with van der Waals surface area (Å²) in [5, 5.41) is 45.0. The molecule has 0 atom stereocenters. The molecule has 0 aliphatic carbocycles. The van der Waals surface area contributed by atoms with Gasteiger partial charge in [-0.25, -0.2) is 15.8 Å². The molecule has 0 aromatic heterocycles. The largest absolute Gasteiger partial charge is 1.00 e. The minimum Gasteiger partial charge on any atom is -0.812 e. The Labute approximate surface area is 106 Å². The summed E-state index contributed by atoms with van der Waals surface area (Å²) in [4.78, 5) is 0. The molecule has 6 nitrogen and oxygen atoms in total. The molecule has 0 radical (unpaired) electrons. The Bertz CT molecular complexity index is 117. The average Bonchev–Trinajstić information content (AvgIpc) is 1.70. The van der Waals surface area contributed by atoms with E-state index >= 15 is 0 Å². The maximum Gasteiger partial charge on any atom is 1.00 e. The zero-order valence-corrected chi connectivity index (χ0v) is 7.07. The monoisotopic (exact) mass is 147 g/mol. The smallest absolute Gasteiger partial charge is 0.812 e. The van der Waals surface area contributed by atoms with Crippen molar-refractivity contribution in [3.63, 3.8) is 0 Å². The molecule has 9 heteroatoms. The van der Waals surface area contributed by atoms with Gasteiger partial charge in [0.05, 0.1) is 0 Å². The summed E-state index contributed by atoms with van der Waals surface area (Å²) >= 11 is 0. The number of nitrogens with zero attached hydrogens (tertiary/aromatic N) is 3. The van der Waals surface area contributed by atoms with Gasteiger partial charge >= 0.3 is 56.6 Å². The van der Waals surface area contributed by atoms with Crippen molar-refractivity contribution in [2.24, 2.45) is 0 Å². The first-order valence-electron chi connectivity index (χ1n) is 1.28. The Morgan fingerprint density at radius 2 is 0.583 bits per heavy atom. The molecule has 0 aromatic carbocycles. The van der Waals surface area contributed by atoms with Crippen LogP contribution < -0.4 is 71.9 Å². The van der Waals surface area contributed by atoms with Gasteiger partial charge in [-0.1, -0.05) is 0 Å². The first kappa shape index (κ1) is 41.4. The second kappa shape index (κ2) is 140. The van der Waals surface area contributed by atoms with E-state index in [1.165, 1.54) is 0 Å². The van der Waals surface area contributed by atoms with E-state index < -0.39 is 0 Å². The van der Waals surface area contributed by atoms with E-state index in [-0.39, 0.29) is 56.6 Å². The minimum absolute atomic E-state index is 0. The van der Waals surface area contributed by atoms with E-state index in [0.717, 1.165) is 0 Å². The van der Waals surface area contributed by atoms with Crippen LogP contribution in [0.4, 0.5) is 0 Å². The topological polar surface area (TPSA) is 141 Å². The molecule has 0 saturated carbocycles. The van der Waals surface area contributed by atoms with Crippen LogP contribution in [0.25, 0.3) is 0 Å². The van der Waals surface area contributed by atoms with Gasteiger partial charge in [0.25, 0.3) is 0 Å². The fourth-order valence-corrected chi connectivity index (χ4v) is 0. The third-order valence-corrected chi connectivity index (χ3v) is 0. The number of rotatable bonds is 0. The summed E-state index contributed by atoms with van der Waals surface area (Å²) in [6, 6.07) is 0. The zero-order chi connectivity index (χ0) is 8.12. The van der Waals surface area contributed by atoms with E-state index in [2.05, 4.69) is 0 Å². The summed E-state index contributed by atoms with van der Waals surface area (Å²) in [5.74, 6) is 0. The van der Waals surface area contributed by atoms with Crippen molar-refractivity contribution in [3.8, 4) is 18.8 Å². The van der Waals surface area contributed by atoms with Crippen LogP contribution in [0.15, 0.2) is 0 Å². The van der Waals surface area contributed by atoms with Gasteiger partial charge in [-0.05, 0) is 0 Å². The normalized spacial score (nSPS) is 1.75. The second-order valence-corrected chi connectivity index (χ2v) is 0.274. The number of hydrogen-bond donors (Lipinski definition) is 0. The summed E-state index contributed by atoms with van der Waals surface area (Å²) in [6.45, 7) is 0. The van der Waals surface area contributed by atoms with Gasteiger partial charge in [0.2, 0.25) is 0 Å². The van der Waals surface area contributed by atoms with Gasteiger partial charge in [0.15, 0.2) is 0 Å². The van der Waals surface area contributed by atoms with E-state index in [0.29, 0.717) is 18.8 Å². The summed E-state index contributed by atoms with van der Waals surface area (Å²) in [6.07, 6.45) is 1.50. The third kappa shape index (κ3) is 6350. The molecule has 0 saturated heterocycles. The Balaban J connectivity index is -0.00000001000. The quantitative estimate of drug-likeness (QED) is 0.246. The van der Waals surface area contributed by atoms with Crippen molar-refractivity contribution in [1.82, 2.24) is 0 Å². The van der Waals surface area contributed by atoms with E-state index in [1.807, 2.05) is 0 Å². The summed E-state index contributed by atoms with van der Waals surface area (Å²) in [7, 11) is 0. The first-order chi connectivity index (χ1) is 4.24. The molecule has 0 aliphatic heterocycles. The van der Waals surface area contributed by atoms with Gasteiger partial charge in [0, 0.05) is 18.8 Å².